The summed E-state index contributed by atoms with van der Waals surface area (Å²) in [5, 5.41) is 4.98. The van der Waals surface area contributed by atoms with Crippen LogP contribution in [0, 0.1) is 17.7 Å². The Kier molecular flexibility index (Phi) is 3.60. The number of nitrogens with zero attached hydrogens (tertiary/aromatic N) is 5. The number of aromatic nitrogens is 5. The molecule has 1 saturated heterocycles. The van der Waals surface area contributed by atoms with E-state index in [2.05, 4.69) is 30.2 Å². The average molecular weight is 406 g/mol. The molecule has 6 rings (SSSR count). The first-order chi connectivity index (χ1) is 14.6. The molecule has 2 fully saturated rings. The zero-order chi connectivity index (χ0) is 20.4. The number of hydrogen-bond acceptors (Lipinski definition) is 8. The predicted molar refractivity (Wildman–Crippen MR) is 110 cm³/mol. The lowest BCUT2D eigenvalue weighted by atomic mass is 10.2. The van der Waals surface area contributed by atoms with Crippen LogP contribution in [-0.4, -0.2) is 51.1 Å². The second-order valence-electron chi connectivity index (χ2n) is 7.76. The van der Waals surface area contributed by atoms with Crippen LogP contribution < -0.4 is 20.7 Å². The quantitative estimate of drug-likeness (QED) is 0.472. The van der Waals surface area contributed by atoms with E-state index < -0.39 is 5.82 Å². The van der Waals surface area contributed by atoms with Gasteiger partial charge in [-0.05, 0) is 17.9 Å². The van der Waals surface area contributed by atoms with Gasteiger partial charge in [-0.2, -0.15) is 9.97 Å². The molecular weight excluding hydrogens is 387 g/mol. The minimum Gasteiger partial charge on any atom is -0.422 e. The van der Waals surface area contributed by atoms with Gasteiger partial charge in [-0.1, -0.05) is 0 Å². The van der Waals surface area contributed by atoms with Gasteiger partial charge < -0.3 is 25.7 Å². The van der Waals surface area contributed by atoms with Gasteiger partial charge in [0.15, 0.2) is 5.75 Å². The third-order valence-corrected chi connectivity index (χ3v) is 6.02. The maximum Gasteiger partial charge on any atom is 0.326 e. The molecule has 4 aromatic heterocycles. The number of halogens is 1. The normalized spacial score (nSPS) is 22.5. The summed E-state index contributed by atoms with van der Waals surface area (Å²) in [6, 6.07) is 3.59. The van der Waals surface area contributed by atoms with Crippen LogP contribution in [0.25, 0.3) is 21.9 Å². The van der Waals surface area contributed by atoms with E-state index in [-0.39, 0.29) is 17.8 Å². The van der Waals surface area contributed by atoms with E-state index in [0.717, 1.165) is 47.2 Å². The topological polar surface area (TPSA) is 118 Å². The first-order valence-corrected chi connectivity index (χ1v) is 9.77. The van der Waals surface area contributed by atoms with Crippen LogP contribution in [0.3, 0.4) is 0 Å². The second-order valence-corrected chi connectivity index (χ2v) is 7.76. The monoisotopic (exact) mass is 406 g/mol. The number of rotatable bonds is 4. The minimum absolute atomic E-state index is 0.125. The van der Waals surface area contributed by atoms with E-state index in [0.29, 0.717) is 17.5 Å². The molecule has 1 aliphatic carbocycles. The standard InChI is InChI=1S/C20H19FN8O/c1-23-18-16-11(2-3-25-18)14-17(26-16)27-20(30-10-4-9(21)5-24-6-10)28-19(14)29-7-12-13(8-29)15(12)22/h2-6,12-13,15H,7-8,22H2,1H3,(H,23,25)(H,26,27,28). The number of fused-ring (bicyclic) bond motifs is 4. The molecule has 0 spiro atoms. The number of ether oxygens (including phenoxy) is 1. The summed E-state index contributed by atoms with van der Waals surface area (Å²) in [7, 11) is 1.82. The number of nitrogens with two attached hydrogens (primary N) is 1. The van der Waals surface area contributed by atoms with Crippen LogP contribution >= 0.6 is 0 Å². The van der Waals surface area contributed by atoms with E-state index in [9.17, 15) is 4.39 Å². The molecule has 4 N–H and O–H groups in total. The maximum atomic E-state index is 13.5. The van der Waals surface area contributed by atoms with Crippen molar-refractivity contribution in [3.8, 4) is 11.8 Å². The molecule has 1 aliphatic heterocycles. The van der Waals surface area contributed by atoms with Gasteiger partial charge in [0.25, 0.3) is 0 Å². The van der Waals surface area contributed by atoms with Gasteiger partial charge in [-0.15, -0.1) is 0 Å². The molecule has 0 bridgehead atoms. The van der Waals surface area contributed by atoms with Crippen LogP contribution in [0.4, 0.5) is 16.0 Å². The van der Waals surface area contributed by atoms with Crippen molar-refractivity contribution in [2.45, 2.75) is 6.04 Å². The molecule has 2 unspecified atom stereocenters. The maximum absolute atomic E-state index is 13.5. The molecule has 10 heteroatoms. The third kappa shape index (κ3) is 2.57. The first kappa shape index (κ1) is 17.3. The van der Waals surface area contributed by atoms with Gasteiger partial charge in [0.1, 0.15) is 23.1 Å². The number of piperidine rings is 1. The van der Waals surface area contributed by atoms with Crippen molar-refractivity contribution < 1.29 is 9.13 Å². The Morgan fingerprint density at radius 3 is 2.87 bits per heavy atom. The van der Waals surface area contributed by atoms with Crippen LogP contribution in [0.15, 0.2) is 30.7 Å². The lowest BCUT2D eigenvalue weighted by molar-refractivity contribution is 0.437. The Morgan fingerprint density at radius 2 is 2.10 bits per heavy atom. The lowest BCUT2D eigenvalue weighted by Crippen LogP contribution is -2.29. The molecule has 2 atom stereocenters. The lowest BCUT2D eigenvalue weighted by Gasteiger charge is -2.21. The van der Waals surface area contributed by atoms with Crippen LogP contribution in [0.1, 0.15) is 0 Å². The van der Waals surface area contributed by atoms with E-state index in [4.69, 9.17) is 15.5 Å². The molecule has 152 valence electrons. The van der Waals surface area contributed by atoms with Gasteiger partial charge in [-0.3, -0.25) is 4.98 Å². The van der Waals surface area contributed by atoms with Crippen molar-refractivity contribution in [3.63, 3.8) is 0 Å². The van der Waals surface area contributed by atoms with Crippen molar-refractivity contribution >= 4 is 33.6 Å². The molecule has 2 aliphatic rings. The molecule has 0 aromatic carbocycles. The smallest absolute Gasteiger partial charge is 0.326 e. The highest BCUT2D eigenvalue weighted by Gasteiger charge is 2.54. The van der Waals surface area contributed by atoms with E-state index in [1.165, 1.54) is 12.3 Å². The fourth-order valence-electron chi connectivity index (χ4n) is 4.45. The number of aromatic amines is 1. The molecule has 5 heterocycles. The molecule has 1 saturated carbocycles. The van der Waals surface area contributed by atoms with E-state index in [1.54, 1.807) is 6.20 Å². The number of pyridine rings is 2. The van der Waals surface area contributed by atoms with Gasteiger partial charge in [0, 0.05) is 43.8 Å². The minimum atomic E-state index is -0.488. The van der Waals surface area contributed by atoms with Crippen molar-refractivity contribution in [2.24, 2.45) is 17.6 Å². The number of hydrogen-bond donors (Lipinski definition) is 3. The highest BCUT2D eigenvalue weighted by molar-refractivity contribution is 6.14. The zero-order valence-electron chi connectivity index (χ0n) is 16.1. The van der Waals surface area contributed by atoms with Gasteiger partial charge in [0.2, 0.25) is 0 Å². The zero-order valence-corrected chi connectivity index (χ0v) is 16.1. The third-order valence-electron chi connectivity index (χ3n) is 6.02. The Hall–Kier alpha value is -3.53. The van der Waals surface area contributed by atoms with Gasteiger partial charge in [-0.25, -0.2) is 9.37 Å². The molecule has 9 nitrogen and oxygen atoms in total. The summed E-state index contributed by atoms with van der Waals surface area (Å²) >= 11 is 0. The number of H-pyrrole nitrogens is 1. The van der Waals surface area contributed by atoms with Gasteiger partial charge in [0.05, 0.1) is 23.3 Å². The van der Waals surface area contributed by atoms with E-state index >= 15 is 0 Å². The Bertz CT molecular complexity index is 1280. The molecule has 0 amide bonds. The number of anilines is 2. The largest absolute Gasteiger partial charge is 0.422 e. The highest BCUT2D eigenvalue weighted by Crippen LogP contribution is 2.47. The summed E-state index contributed by atoms with van der Waals surface area (Å²) in [5.41, 5.74) is 7.60. The average Bonchev–Trinajstić information content (AvgIpc) is 3.11. The van der Waals surface area contributed by atoms with Crippen LogP contribution in [-0.2, 0) is 0 Å². The fourth-order valence-corrected chi connectivity index (χ4v) is 4.45. The summed E-state index contributed by atoms with van der Waals surface area (Å²) in [5.74, 6) is 2.23. The SMILES string of the molecule is CNc1nccc2c1[nH]c1nc(Oc3cncc(F)c3)nc(N3CC4C(N)C4C3)c12. The van der Waals surface area contributed by atoms with Crippen molar-refractivity contribution in [1.29, 1.82) is 0 Å². The molecule has 4 aromatic rings. The van der Waals surface area contributed by atoms with Crippen LogP contribution in [0.2, 0.25) is 0 Å². The van der Waals surface area contributed by atoms with E-state index in [1.807, 2.05) is 13.1 Å². The fraction of sp³-hybridized carbons (Fsp3) is 0.300. The van der Waals surface area contributed by atoms with Gasteiger partial charge >= 0.3 is 6.01 Å². The second kappa shape index (κ2) is 6.23. The Morgan fingerprint density at radius 1 is 1.27 bits per heavy atom. The molecule has 0 radical (unpaired) electrons. The van der Waals surface area contributed by atoms with Crippen LogP contribution in [0.5, 0.6) is 11.8 Å². The summed E-state index contributed by atoms with van der Waals surface area (Å²) in [6.07, 6.45) is 4.30. The first-order valence-electron chi connectivity index (χ1n) is 9.77. The molecule has 30 heavy (non-hydrogen) atoms. The Labute approximate surface area is 170 Å². The predicted octanol–water partition coefficient (Wildman–Crippen LogP) is 2.27. The summed E-state index contributed by atoms with van der Waals surface area (Å²) < 4.78 is 19.3. The number of nitrogens with one attached hydrogen (secondary N) is 2. The summed E-state index contributed by atoms with van der Waals surface area (Å²) in [6.45, 7) is 1.69. The Balaban J connectivity index is 1.52. The van der Waals surface area contributed by atoms with Crippen molar-refractivity contribution in [2.75, 3.05) is 30.4 Å². The highest BCUT2D eigenvalue weighted by atomic mass is 19.1. The van der Waals surface area contributed by atoms with Crippen molar-refractivity contribution in [1.82, 2.24) is 24.9 Å². The molecular formula is C20H19FN8O. The van der Waals surface area contributed by atoms with Crippen molar-refractivity contribution in [3.05, 3.63) is 36.5 Å². The summed E-state index contributed by atoms with van der Waals surface area (Å²) in [4.78, 5) is 23.0.